The summed E-state index contributed by atoms with van der Waals surface area (Å²) in [5.74, 6) is 0.891. The van der Waals surface area contributed by atoms with Gasteiger partial charge in [0.15, 0.2) is 0 Å². The molecule has 8 N–H and O–H groups in total. The van der Waals surface area contributed by atoms with E-state index in [1.54, 1.807) is 6.07 Å². The van der Waals surface area contributed by atoms with Gasteiger partial charge in [-0.05, 0) is 18.6 Å². The van der Waals surface area contributed by atoms with Gasteiger partial charge in [-0.15, -0.1) is 11.3 Å². The molecule has 0 bridgehead atoms. The van der Waals surface area contributed by atoms with Crippen LogP contribution in [-0.4, -0.2) is 22.1 Å². The number of nitrogens with zero attached hydrogens (tertiary/aromatic N) is 1. The zero-order chi connectivity index (χ0) is 20.2. The maximum atomic E-state index is 14.2. The quantitative estimate of drug-likeness (QED) is 0.242. The third-order valence-corrected chi connectivity index (χ3v) is 6.26. The SMILES string of the molecule is N#Cc1c(C(F)(F)P(O)O)sc2c(OCCCSN)cc(/C(N)=C/N)cc12. The third-order valence-electron chi connectivity index (χ3n) is 3.57. The van der Waals surface area contributed by atoms with E-state index in [9.17, 15) is 14.0 Å². The van der Waals surface area contributed by atoms with E-state index in [4.69, 9.17) is 31.1 Å². The average molecular weight is 434 g/mol. The number of benzene rings is 1. The molecule has 0 amide bonds. The summed E-state index contributed by atoms with van der Waals surface area (Å²) in [6, 6.07) is 4.70. The van der Waals surface area contributed by atoms with Crippen LogP contribution in [0.4, 0.5) is 8.78 Å². The summed E-state index contributed by atoms with van der Waals surface area (Å²) >= 11 is 1.73. The molecular formula is C15H17F2N4O3PS2. The van der Waals surface area contributed by atoms with Gasteiger partial charge < -0.3 is 26.0 Å². The Kier molecular flexibility index (Phi) is 7.22. The predicted octanol–water partition coefficient (Wildman–Crippen LogP) is 2.71. The molecule has 2 aromatic rings. The molecule has 146 valence electrons. The lowest BCUT2D eigenvalue weighted by Crippen LogP contribution is -2.10. The number of halogens is 2. The van der Waals surface area contributed by atoms with Gasteiger partial charge in [-0.3, -0.25) is 5.14 Å². The standard InChI is InChI=1S/C15H17F2N4O3PS2/c16-15(17,25(22)23)14-10(6-18)9-4-8(11(20)7-19)5-12(13(9)27-14)24-2-1-3-26-21/h4-5,7,22-23H,1-3,19-21H2/b11-7-. The summed E-state index contributed by atoms with van der Waals surface area (Å²) < 4.78 is 34.5. The summed E-state index contributed by atoms with van der Waals surface area (Å²) in [7, 11) is -3.62. The number of nitrogens with two attached hydrogens (primary N) is 3. The predicted molar refractivity (Wildman–Crippen MR) is 105 cm³/mol. The van der Waals surface area contributed by atoms with Crippen molar-refractivity contribution in [2.24, 2.45) is 16.6 Å². The lowest BCUT2D eigenvalue weighted by Gasteiger charge is -2.15. The first-order valence-electron chi connectivity index (χ1n) is 7.47. The van der Waals surface area contributed by atoms with Gasteiger partial charge in [-0.25, -0.2) is 0 Å². The van der Waals surface area contributed by atoms with E-state index in [-0.39, 0.29) is 33.7 Å². The van der Waals surface area contributed by atoms with Crippen LogP contribution in [0, 0.1) is 11.3 Å². The molecule has 0 aliphatic rings. The van der Waals surface area contributed by atoms with Gasteiger partial charge in [-0.2, -0.15) is 14.0 Å². The van der Waals surface area contributed by atoms with Crippen LogP contribution in [0.2, 0.25) is 0 Å². The molecule has 0 aliphatic heterocycles. The Morgan fingerprint density at radius 2 is 2.15 bits per heavy atom. The first-order valence-corrected chi connectivity index (χ1v) is 10.6. The largest absolute Gasteiger partial charge is 0.492 e. The van der Waals surface area contributed by atoms with Crippen molar-refractivity contribution in [1.29, 1.82) is 5.26 Å². The number of nitriles is 1. The second-order valence-corrected chi connectivity index (χ2v) is 8.20. The van der Waals surface area contributed by atoms with E-state index >= 15 is 0 Å². The highest BCUT2D eigenvalue weighted by atomic mass is 32.2. The second kappa shape index (κ2) is 9.01. The minimum absolute atomic E-state index is 0.175. The molecule has 12 heteroatoms. The second-order valence-electron chi connectivity index (χ2n) is 5.29. The van der Waals surface area contributed by atoms with Crippen LogP contribution in [-0.2, 0) is 5.66 Å². The molecule has 1 aromatic heterocycles. The fourth-order valence-corrected chi connectivity index (χ4v) is 4.31. The van der Waals surface area contributed by atoms with Crippen LogP contribution in [0.1, 0.15) is 22.4 Å². The summed E-state index contributed by atoms with van der Waals surface area (Å²) in [5.41, 5.74) is 7.51. The molecule has 0 radical (unpaired) electrons. The average Bonchev–Trinajstić information content (AvgIpc) is 3.03. The molecule has 1 heterocycles. The number of rotatable bonds is 8. The first kappa shape index (κ1) is 21.6. The molecular weight excluding hydrogens is 417 g/mol. The van der Waals surface area contributed by atoms with Gasteiger partial charge in [0.25, 0.3) is 0 Å². The van der Waals surface area contributed by atoms with Crippen molar-refractivity contribution >= 4 is 47.4 Å². The van der Waals surface area contributed by atoms with E-state index in [2.05, 4.69) is 0 Å². The third kappa shape index (κ3) is 4.43. The maximum Gasteiger partial charge on any atom is 0.349 e. The molecule has 27 heavy (non-hydrogen) atoms. The summed E-state index contributed by atoms with van der Waals surface area (Å²) in [6.07, 6.45) is 1.76. The molecule has 0 unspecified atom stereocenters. The Morgan fingerprint density at radius 3 is 2.70 bits per heavy atom. The van der Waals surface area contributed by atoms with Crippen molar-refractivity contribution < 1.29 is 23.3 Å². The Bertz CT molecular complexity index is 899. The van der Waals surface area contributed by atoms with Crippen LogP contribution in [0.25, 0.3) is 15.8 Å². The Morgan fingerprint density at radius 1 is 1.44 bits per heavy atom. The van der Waals surface area contributed by atoms with Crippen LogP contribution in [0.15, 0.2) is 18.3 Å². The van der Waals surface area contributed by atoms with E-state index in [0.29, 0.717) is 29.1 Å². The van der Waals surface area contributed by atoms with Crippen molar-refractivity contribution in [2.45, 2.75) is 12.1 Å². The number of hydrogen-bond donors (Lipinski definition) is 5. The fourth-order valence-electron chi connectivity index (χ4n) is 2.28. The minimum Gasteiger partial charge on any atom is -0.492 e. The van der Waals surface area contributed by atoms with Gasteiger partial charge in [0.05, 0.1) is 22.6 Å². The van der Waals surface area contributed by atoms with Crippen molar-refractivity contribution in [3.8, 4) is 11.8 Å². The van der Waals surface area contributed by atoms with Crippen molar-refractivity contribution in [1.82, 2.24) is 0 Å². The highest BCUT2D eigenvalue weighted by molar-refractivity contribution is 7.97. The van der Waals surface area contributed by atoms with E-state index in [0.717, 1.165) is 18.1 Å². The maximum absolute atomic E-state index is 14.2. The van der Waals surface area contributed by atoms with Crippen molar-refractivity contribution in [3.05, 3.63) is 34.3 Å². The lowest BCUT2D eigenvalue weighted by molar-refractivity contribution is 0.0770. The number of thiophene rings is 1. The highest BCUT2D eigenvalue weighted by Gasteiger charge is 2.45. The van der Waals surface area contributed by atoms with E-state index in [1.165, 1.54) is 12.1 Å². The summed E-state index contributed by atoms with van der Waals surface area (Å²) in [6.45, 7) is 0.271. The molecule has 0 saturated carbocycles. The topological polar surface area (TPSA) is 152 Å². The highest BCUT2D eigenvalue weighted by Crippen LogP contribution is 2.57. The molecule has 1 aromatic carbocycles. The van der Waals surface area contributed by atoms with Crippen LogP contribution in [0.3, 0.4) is 0 Å². The fraction of sp³-hybridized carbons (Fsp3) is 0.267. The van der Waals surface area contributed by atoms with Crippen molar-refractivity contribution in [3.63, 3.8) is 0 Å². The first-order chi connectivity index (χ1) is 12.8. The molecule has 0 atom stereocenters. The smallest absolute Gasteiger partial charge is 0.349 e. The van der Waals surface area contributed by atoms with Crippen LogP contribution >= 0.6 is 31.7 Å². The number of fused-ring (bicyclic) bond motifs is 1. The van der Waals surface area contributed by atoms with Gasteiger partial charge in [0.2, 0.25) is 8.38 Å². The number of ether oxygens (including phenoxy) is 1. The zero-order valence-corrected chi connectivity index (χ0v) is 16.4. The summed E-state index contributed by atoms with van der Waals surface area (Å²) in [5, 5.41) is 15.0. The Hall–Kier alpha value is -1.67. The van der Waals surface area contributed by atoms with E-state index in [1.807, 2.05) is 0 Å². The van der Waals surface area contributed by atoms with Gasteiger partial charge >= 0.3 is 5.66 Å². The van der Waals surface area contributed by atoms with E-state index < -0.39 is 18.9 Å². The molecule has 7 nitrogen and oxygen atoms in total. The molecule has 0 fully saturated rings. The van der Waals surface area contributed by atoms with Crippen molar-refractivity contribution in [2.75, 3.05) is 12.4 Å². The van der Waals surface area contributed by atoms with Gasteiger partial charge in [0.1, 0.15) is 16.7 Å². The number of hydrogen-bond acceptors (Lipinski definition) is 9. The Labute approximate surface area is 163 Å². The summed E-state index contributed by atoms with van der Waals surface area (Å²) in [4.78, 5) is 17.5. The van der Waals surface area contributed by atoms with Crippen LogP contribution < -0.4 is 21.3 Å². The lowest BCUT2D eigenvalue weighted by atomic mass is 10.1. The van der Waals surface area contributed by atoms with Crippen LogP contribution in [0.5, 0.6) is 5.75 Å². The molecule has 0 spiro atoms. The monoisotopic (exact) mass is 434 g/mol. The normalized spacial score (nSPS) is 12.6. The molecule has 0 saturated heterocycles. The Balaban J connectivity index is 2.68. The van der Waals surface area contributed by atoms with Gasteiger partial charge in [-0.1, -0.05) is 11.9 Å². The number of alkyl halides is 2. The minimum atomic E-state index is -3.95. The molecule has 0 aliphatic carbocycles. The molecule has 2 rings (SSSR count). The van der Waals surface area contributed by atoms with Gasteiger partial charge in [0, 0.05) is 22.9 Å². The zero-order valence-electron chi connectivity index (χ0n) is 13.9.